The number of benzene rings is 1. The van der Waals surface area contributed by atoms with Crippen molar-refractivity contribution in [3.8, 4) is 5.69 Å². The van der Waals surface area contributed by atoms with Gasteiger partial charge >= 0.3 is 0 Å². The fraction of sp³-hybridized carbons (Fsp3) is 0.444. The van der Waals surface area contributed by atoms with Gasteiger partial charge in [-0.3, -0.25) is 4.79 Å². The third-order valence-corrected chi connectivity index (χ3v) is 4.49. The Kier molecular flexibility index (Phi) is 4.76. The second-order valence-electron chi connectivity index (χ2n) is 6.30. The zero-order valence-corrected chi connectivity index (χ0v) is 13.8. The number of carbonyl (C=O) groups is 1. The number of amides is 1. The summed E-state index contributed by atoms with van der Waals surface area (Å²) >= 11 is 0. The summed E-state index contributed by atoms with van der Waals surface area (Å²) in [4.78, 5) is 14.6. The van der Waals surface area contributed by atoms with Crippen molar-refractivity contribution in [2.45, 2.75) is 19.8 Å². The van der Waals surface area contributed by atoms with E-state index in [9.17, 15) is 4.79 Å². The summed E-state index contributed by atoms with van der Waals surface area (Å²) in [6, 6.07) is 7.70. The summed E-state index contributed by atoms with van der Waals surface area (Å²) in [5.41, 5.74) is 2.85. The number of nitrogens with one attached hydrogen (secondary N) is 1. The zero-order chi connectivity index (χ0) is 16.2. The topological polar surface area (TPSA) is 50.2 Å². The van der Waals surface area contributed by atoms with E-state index >= 15 is 0 Å². The maximum atomic E-state index is 12.6. The molecule has 0 spiro atoms. The first-order valence-corrected chi connectivity index (χ1v) is 8.23. The second-order valence-corrected chi connectivity index (χ2v) is 6.30. The van der Waals surface area contributed by atoms with Gasteiger partial charge in [-0.2, -0.15) is 5.10 Å². The normalized spacial score (nSPS) is 15.8. The van der Waals surface area contributed by atoms with Crippen LogP contribution in [0.4, 0.5) is 0 Å². The molecule has 1 aliphatic rings. The molecule has 1 fully saturated rings. The Hall–Kier alpha value is -2.14. The number of rotatable bonds is 4. The van der Waals surface area contributed by atoms with Crippen molar-refractivity contribution in [2.24, 2.45) is 5.92 Å². The second kappa shape index (κ2) is 6.96. The number of likely N-dealkylation sites (tertiary alicyclic amines) is 1. The first kappa shape index (κ1) is 15.7. The number of piperidine rings is 1. The van der Waals surface area contributed by atoms with Gasteiger partial charge in [0.1, 0.15) is 0 Å². The lowest BCUT2D eigenvalue weighted by molar-refractivity contribution is 0.0691. The molecular weight excluding hydrogens is 288 g/mol. The highest BCUT2D eigenvalue weighted by Crippen LogP contribution is 2.19. The number of carbonyl (C=O) groups excluding carboxylic acids is 1. The fourth-order valence-electron chi connectivity index (χ4n) is 3.12. The van der Waals surface area contributed by atoms with Gasteiger partial charge in [-0.15, -0.1) is 0 Å². The predicted molar refractivity (Wildman–Crippen MR) is 90.9 cm³/mol. The highest BCUT2D eigenvalue weighted by molar-refractivity contribution is 5.94. The Morgan fingerprint density at radius 3 is 2.52 bits per heavy atom. The molecular formula is C18H24N4O. The van der Waals surface area contributed by atoms with Crippen LogP contribution in [0.3, 0.4) is 0 Å². The molecule has 1 aliphatic heterocycles. The van der Waals surface area contributed by atoms with Crippen LogP contribution in [0.2, 0.25) is 0 Å². The van der Waals surface area contributed by atoms with Gasteiger partial charge in [0.25, 0.3) is 5.91 Å². The Morgan fingerprint density at radius 2 is 1.96 bits per heavy atom. The standard InChI is InChI=1S/C18H24N4O/c1-14-11-20-22(13-14)17-5-3-16(4-6-17)18(23)21-9-7-15(8-10-21)12-19-2/h3-6,11,13,15,19H,7-10,12H2,1-2H3. The van der Waals surface area contributed by atoms with Gasteiger partial charge in [0.15, 0.2) is 0 Å². The van der Waals surface area contributed by atoms with E-state index < -0.39 is 0 Å². The van der Waals surface area contributed by atoms with E-state index in [4.69, 9.17) is 0 Å². The third-order valence-electron chi connectivity index (χ3n) is 4.49. The summed E-state index contributed by atoms with van der Waals surface area (Å²) in [6.45, 7) is 4.76. The Balaban J connectivity index is 1.64. The van der Waals surface area contributed by atoms with Crippen molar-refractivity contribution < 1.29 is 4.79 Å². The number of nitrogens with zero attached hydrogens (tertiary/aromatic N) is 3. The number of hydrogen-bond donors (Lipinski definition) is 1. The molecule has 5 nitrogen and oxygen atoms in total. The van der Waals surface area contributed by atoms with Gasteiger partial charge in [-0.1, -0.05) is 0 Å². The van der Waals surface area contributed by atoms with E-state index in [1.54, 1.807) is 0 Å². The van der Waals surface area contributed by atoms with Crippen LogP contribution in [-0.4, -0.2) is 47.3 Å². The van der Waals surface area contributed by atoms with Crippen molar-refractivity contribution in [3.63, 3.8) is 0 Å². The molecule has 23 heavy (non-hydrogen) atoms. The summed E-state index contributed by atoms with van der Waals surface area (Å²) in [5.74, 6) is 0.825. The minimum Gasteiger partial charge on any atom is -0.339 e. The summed E-state index contributed by atoms with van der Waals surface area (Å²) < 4.78 is 1.83. The van der Waals surface area contributed by atoms with Crippen LogP contribution in [0, 0.1) is 12.8 Å². The van der Waals surface area contributed by atoms with Crippen LogP contribution in [0.15, 0.2) is 36.7 Å². The molecule has 5 heteroatoms. The van der Waals surface area contributed by atoms with E-state index in [0.717, 1.165) is 49.3 Å². The lowest BCUT2D eigenvalue weighted by Crippen LogP contribution is -2.40. The maximum absolute atomic E-state index is 12.6. The van der Waals surface area contributed by atoms with Crippen molar-refractivity contribution in [2.75, 3.05) is 26.7 Å². The van der Waals surface area contributed by atoms with Crippen molar-refractivity contribution in [1.29, 1.82) is 0 Å². The average Bonchev–Trinajstić information content (AvgIpc) is 3.02. The minimum atomic E-state index is 0.135. The Labute approximate surface area is 137 Å². The monoisotopic (exact) mass is 312 g/mol. The molecule has 0 bridgehead atoms. The largest absolute Gasteiger partial charge is 0.339 e. The highest BCUT2D eigenvalue weighted by Gasteiger charge is 2.23. The molecule has 0 aliphatic carbocycles. The summed E-state index contributed by atoms with van der Waals surface area (Å²) in [7, 11) is 1.99. The zero-order valence-electron chi connectivity index (χ0n) is 13.8. The molecule has 0 radical (unpaired) electrons. The van der Waals surface area contributed by atoms with Crippen molar-refractivity contribution in [3.05, 3.63) is 47.8 Å². The average molecular weight is 312 g/mol. The number of hydrogen-bond acceptors (Lipinski definition) is 3. The SMILES string of the molecule is CNCC1CCN(C(=O)c2ccc(-n3cc(C)cn3)cc2)CC1. The van der Waals surface area contributed by atoms with Crippen molar-refractivity contribution >= 4 is 5.91 Å². The smallest absolute Gasteiger partial charge is 0.253 e. The molecule has 1 amide bonds. The maximum Gasteiger partial charge on any atom is 0.253 e. The summed E-state index contributed by atoms with van der Waals surface area (Å²) in [5, 5.41) is 7.52. The van der Waals surface area contributed by atoms with E-state index in [1.165, 1.54) is 0 Å². The Bertz CT molecular complexity index is 654. The van der Waals surface area contributed by atoms with Crippen LogP contribution < -0.4 is 5.32 Å². The molecule has 1 N–H and O–H groups in total. The molecule has 1 aromatic heterocycles. The van der Waals surface area contributed by atoms with Crippen molar-refractivity contribution in [1.82, 2.24) is 20.0 Å². The minimum absolute atomic E-state index is 0.135. The molecule has 2 aromatic rings. The Morgan fingerprint density at radius 1 is 1.26 bits per heavy atom. The first-order chi connectivity index (χ1) is 11.2. The quantitative estimate of drug-likeness (QED) is 0.942. The number of aromatic nitrogens is 2. The molecule has 1 aromatic carbocycles. The molecule has 122 valence electrons. The van der Waals surface area contributed by atoms with Gasteiger partial charge in [-0.25, -0.2) is 4.68 Å². The molecule has 3 rings (SSSR count). The molecule has 1 saturated heterocycles. The molecule has 0 unspecified atom stereocenters. The lowest BCUT2D eigenvalue weighted by atomic mass is 9.96. The van der Waals surface area contributed by atoms with Gasteiger partial charge in [0.05, 0.1) is 11.9 Å². The van der Waals surface area contributed by atoms with E-state index in [-0.39, 0.29) is 5.91 Å². The fourth-order valence-corrected chi connectivity index (χ4v) is 3.12. The van der Waals surface area contributed by atoms with E-state index in [2.05, 4.69) is 10.4 Å². The van der Waals surface area contributed by atoms with Gasteiger partial charge in [0.2, 0.25) is 0 Å². The van der Waals surface area contributed by atoms with E-state index in [0.29, 0.717) is 5.92 Å². The first-order valence-electron chi connectivity index (χ1n) is 8.23. The molecule has 2 heterocycles. The van der Waals surface area contributed by atoms with Crippen LogP contribution in [0.1, 0.15) is 28.8 Å². The number of aryl methyl sites for hydroxylation is 1. The van der Waals surface area contributed by atoms with Gasteiger partial charge in [0, 0.05) is 24.8 Å². The van der Waals surface area contributed by atoms with E-state index in [1.807, 2.05) is 60.2 Å². The predicted octanol–water partition coefficient (Wildman–Crippen LogP) is 2.25. The van der Waals surface area contributed by atoms with Crippen LogP contribution in [-0.2, 0) is 0 Å². The summed E-state index contributed by atoms with van der Waals surface area (Å²) in [6.07, 6.45) is 5.96. The molecule has 0 atom stereocenters. The lowest BCUT2D eigenvalue weighted by Gasteiger charge is -2.32. The van der Waals surface area contributed by atoms with Crippen LogP contribution in [0.5, 0.6) is 0 Å². The highest BCUT2D eigenvalue weighted by atomic mass is 16.2. The van der Waals surface area contributed by atoms with Crippen LogP contribution >= 0.6 is 0 Å². The third kappa shape index (κ3) is 3.62. The molecule has 0 saturated carbocycles. The van der Waals surface area contributed by atoms with Gasteiger partial charge < -0.3 is 10.2 Å². The van der Waals surface area contributed by atoms with Gasteiger partial charge in [-0.05, 0) is 69.1 Å². The van der Waals surface area contributed by atoms with Crippen LogP contribution in [0.25, 0.3) is 5.69 Å².